The van der Waals surface area contributed by atoms with Gasteiger partial charge in [0, 0.05) is 31.2 Å². The number of hydrogen-bond donors (Lipinski definition) is 2. The fourth-order valence-electron chi connectivity index (χ4n) is 4.21. The van der Waals surface area contributed by atoms with E-state index in [1.54, 1.807) is 49.6 Å². The topological polar surface area (TPSA) is 120 Å². The number of nitriles is 1. The second-order valence-electron chi connectivity index (χ2n) is 9.14. The molecule has 10 nitrogen and oxygen atoms in total. The van der Waals surface area contributed by atoms with Gasteiger partial charge in [0.05, 0.1) is 18.8 Å². The van der Waals surface area contributed by atoms with Gasteiger partial charge in [-0.15, -0.1) is 11.3 Å². The van der Waals surface area contributed by atoms with Gasteiger partial charge in [-0.05, 0) is 37.3 Å². The van der Waals surface area contributed by atoms with Crippen molar-refractivity contribution in [2.45, 2.75) is 19.6 Å². The van der Waals surface area contributed by atoms with Gasteiger partial charge in [-0.1, -0.05) is 18.2 Å². The molecule has 14 heteroatoms. The van der Waals surface area contributed by atoms with E-state index in [9.17, 15) is 32.8 Å². The summed E-state index contributed by atoms with van der Waals surface area (Å²) < 4.78 is 44.5. The number of para-hydroxylation sites is 2. The number of halogens is 3. The first kappa shape index (κ1) is 30.2. The quantitative estimate of drug-likeness (QED) is 0.406. The van der Waals surface area contributed by atoms with Crippen molar-refractivity contribution < 1.29 is 27.5 Å². The Labute approximate surface area is 242 Å². The number of ether oxygens (including phenoxy) is 1. The highest BCUT2D eigenvalue weighted by atomic mass is 32.1. The van der Waals surface area contributed by atoms with Crippen molar-refractivity contribution in [3.8, 4) is 11.8 Å². The monoisotopic (exact) mass is 600 g/mol. The van der Waals surface area contributed by atoms with Gasteiger partial charge in [-0.2, -0.15) is 18.4 Å². The van der Waals surface area contributed by atoms with Crippen LogP contribution < -0.4 is 39.9 Å². The Kier molecular flexibility index (Phi) is 9.21. The smallest absolute Gasteiger partial charge is 0.405 e. The van der Waals surface area contributed by atoms with Gasteiger partial charge in [-0.25, -0.2) is 0 Å². The molecule has 2 N–H and O–H groups in total. The standard InChI is InChI=1S/C28H27F3N6O4S/c1-3-37-26(40)23(42-27(37)20(14-32)25(39)34-17-28(29,30)31)15-33-18-7-6-8-19(13-18)35(2)24(38)16-36-11-12-41-22-10-5-4-9-21(22)36/h4-10,13,15,33H,3,11-12,16-17H2,1-2H3,(H,34,39)/b23-15+,27-20-. The first-order valence-corrected chi connectivity index (χ1v) is 13.6. The van der Waals surface area contributed by atoms with Gasteiger partial charge in [0.25, 0.3) is 11.5 Å². The molecule has 3 aromatic rings. The lowest BCUT2D eigenvalue weighted by Gasteiger charge is -2.32. The number of thiazole rings is 1. The first-order chi connectivity index (χ1) is 20.0. The van der Waals surface area contributed by atoms with E-state index in [1.165, 1.54) is 11.1 Å². The lowest BCUT2D eigenvalue weighted by atomic mass is 10.2. The molecule has 0 saturated carbocycles. The number of alkyl halides is 3. The number of nitrogens with zero attached hydrogens (tertiary/aromatic N) is 4. The average molecular weight is 601 g/mol. The van der Waals surface area contributed by atoms with E-state index >= 15 is 0 Å². The number of hydrogen-bond acceptors (Lipinski definition) is 8. The summed E-state index contributed by atoms with van der Waals surface area (Å²) >= 11 is 0.804. The molecular weight excluding hydrogens is 573 g/mol. The molecule has 0 aliphatic carbocycles. The zero-order valence-corrected chi connectivity index (χ0v) is 23.5. The highest BCUT2D eigenvalue weighted by Gasteiger charge is 2.29. The Hall–Kier alpha value is -4.77. The summed E-state index contributed by atoms with van der Waals surface area (Å²) in [7, 11) is 1.66. The Morgan fingerprint density at radius 1 is 1.21 bits per heavy atom. The molecule has 1 aromatic heterocycles. The van der Waals surface area contributed by atoms with Crippen LogP contribution in [-0.4, -0.2) is 55.8 Å². The predicted molar refractivity (Wildman–Crippen MR) is 154 cm³/mol. The Bertz CT molecular complexity index is 1710. The Balaban J connectivity index is 1.54. The van der Waals surface area contributed by atoms with Crippen LogP contribution in [0.4, 0.5) is 30.2 Å². The molecule has 0 atom stereocenters. The summed E-state index contributed by atoms with van der Waals surface area (Å²) in [6, 6.07) is 16.1. The van der Waals surface area contributed by atoms with Crippen LogP contribution in [0.3, 0.4) is 0 Å². The zero-order chi connectivity index (χ0) is 30.4. The summed E-state index contributed by atoms with van der Waals surface area (Å²) in [5.41, 5.74) is 0.884. The van der Waals surface area contributed by atoms with Gasteiger partial charge < -0.3 is 25.2 Å². The largest absolute Gasteiger partial charge is 0.490 e. The SMILES string of the molecule is CCn1c(=O)/c(=C\Nc2cccc(N(C)C(=O)CN3CCOc4ccccc43)c2)s/c1=C(/C#N)C(=O)NCC(F)(F)F. The molecular formula is C28H27F3N6O4S. The summed E-state index contributed by atoms with van der Waals surface area (Å²) in [6.45, 7) is 1.28. The van der Waals surface area contributed by atoms with Crippen molar-refractivity contribution in [1.82, 2.24) is 9.88 Å². The molecule has 0 saturated heterocycles. The van der Waals surface area contributed by atoms with Gasteiger partial charge in [0.15, 0.2) is 5.57 Å². The zero-order valence-electron chi connectivity index (χ0n) is 22.7. The molecule has 220 valence electrons. The third-order valence-electron chi connectivity index (χ3n) is 6.35. The number of nitrogens with one attached hydrogen (secondary N) is 2. The Morgan fingerprint density at radius 3 is 2.69 bits per heavy atom. The highest BCUT2D eigenvalue weighted by Crippen LogP contribution is 2.31. The number of carbonyl (C=O) groups excluding carboxylic acids is 2. The fraction of sp³-hybridized carbons (Fsp3) is 0.286. The number of aromatic nitrogens is 1. The number of fused-ring (bicyclic) bond motifs is 1. The third-order valence-corrected chi connectivity index (χ3v) is 7.48. The third kappa shape index (κ3) is 6.92. The Morgan fingerprint density at radius 2 is 1.98 bits per heavy atom. The van der Waals surface area contributed by atoms with Crippen LogP contribution in [0.15, 0.2) is 53.3 Å². The van der Waals surface area contributed by atoms with E-state index in [2.05, 4.69) is 5.32 Å². The van der Waals surface area contributed by atoms with Crippen molar-refractivity contribution >= 4 is 52.0 Å². The van der Waals surface area contributed by atoms with Crippen LogP contribution in [0.1, 0.15) is 6.92 Å². The summed E-state index contributed by atoms with van der Waals surface area (Å²) in [6.07, 6.45) is -3.27. The van der Waals surface area contributed by atoms with Gasteiger partial charge in [-0.3, -0.25) is 19.0 Å². The number of carbonyl (C=O) groups is 2. The maximum Gasteiger partial charge on any atom is 0.405 e. The second kappa shape index (κ2) is 12.8. The van der Waals surface area contributed by atoms with E-state index in [0.717, 1.165) is 27.3 Å². The number of rotatable bonds is 8. The van der Waals surface area contributed by atoms with Crippen LogP contribution in [0, 0.1) is 11.3 Å². The molecule has 42 heavy (non-hydrogen) atoms. The highest BCUT2D eigenvalue weighted by molar-refractivity contribution is 7.07. The van der Waals surface area contributed by atoms with Crippen molar-refractivity contribution in [3.63, 3.8) is 0 Å². The van der Waals surface area contributed by atoms with Crippen molar-refractivity contribution in [1.29, 1.82) is 5.26 Å². The van der Waals surface area contributed by atoms with Crippen molar-refractivity contribution in [3.05, 3.63) is 68.1 Å². The second-order valence-corrected chi connectivity index (χ2v) is 10.2. The van der Waals surface area contributed by atoms with Crippen LogP contribution in [0.25, 0.3) is 11.8 Å². The van der Waals surface area contributed by atoms with E-state index in [0.29, 0.717) is 24.5 Å². The van der Waals surface area contributed by atoms with E-state index < -0.39 is 29.8 Å². The predicted octanol–water partition coefficient (Wildman–Crippen LogP) is 1.99. The molecule has 2 aromatic carbocycles. The van der Waals surface area contributed by atoms with E-state index in [4.69, 9.17) is 4.74 Å². The molecule has 1 aliphatic rings. The minimum Gasteiger partial charge on any atom is -0.490 e. The summed E-state index contributed by atoms with van der Waals surface area (Å²) in [5.74, 6) is -0.648. The van der Waals surface area contributed by atoms with Gasteiger partial charge in [0.1, 0.15) is 34.2 Å². The summed E-state index contributed by atoms with van der Waals surface area (Å²) in [5, 5.41) is 14.1. The maximum absolute atomic E-state index is 13.1. The van der Waals surface area contributed by atoms with Crippen LogP contribution >= 0.6 is 11.3 Å². The lowest BCUT2D eigenvalue weighted by Crippen LogP contribution is -2.42. The fourth-order valence-corrected chi connectivity index (χ4v) is 5.30. The molecule has 2 heterocycles. The number of amides is 2. The number of anilines is 3. The number of likely N-dealkylation sites (N-methyl/N-ethyl adjacent to an activating group) is 1. The summed E-state index contributed by atoms with van der Waals surface area (Å²) in [4.78, 5) is 41.8. The molecule has 0 fully saturated rings. The van der Waals surface area contributed by atoms with Gasteiger partial charge >= 0.3 is 6.18 Å². The van der Waals surface area contributed by atoms with Crippen molar-refractivity contribution in [2.24, 2.45) is 0 Å². The van der Waals surface area contributed by atoms with Crippen molar-refractivity contribution in [2.75, 3.05) is 48.4 Å². The number of benzene rings is 2. The van der Waals surface area contributed by atoms with Crippen LogP contribution in [0.5, 0.6) is 5.75 Å². The molecule has 0 spiro atoms. The molecule has 0 unspecified atom stereocenters. The van der Waals surface area contributed by atoms with E-state index in [-0.39, 0.29) is 28.2 Å². The van der Waals surface area contributed by atoms with Crippen LogP contribution in [-0.2, 0) is 16.1 Å². The molecule has 1 aliphatic heterocycles. The molecule has 0 radical (unpaired) electrons. The molecule has 4 rings (SSSR count). The van der Waals surface area contributed by atoms with Crippen LogP contribution in [0.2, 0.25) is 0 Å². The average Bonchev–Trinajstić information content (AvgIpc) is 3.29. The normalized spacial score (nSPS) is 13.9. The lowest BCUT2D eigenvalue weighted by molar-refractivity contribution is -0.135. The minimum atomic E-state index is -4.65. The first-order valence-electron chi connectivity index (χ1n) is 12.8. The maximum atomic E-state index is 13.1. The molecule has 2 amide bonds. The minimum absolute atomic E-state index is 0.0542. The van der Waals surface area contributed by atoms with Gasteiger partial charge in [0.2, 0.25) is 5.91 Å². The van der Waals surface area contributed by atoms with E-state index in [1.807, 2.05) is 29.2 Å². The molecule has 0 bridgehead atoms.